The van der Waals surface area contributed by atoms with Crippen molar-refractivity contribution in [3.05, 3.63) is 29.3 Å². The number of nitrogens with two attached hydrogens (primary N) is 1. The number of aromatic hydroxyl groups is 1. The molecule has 1 rings (SSSR count). The second kappa shape index (κ2) is 4.22. The second-order valence-corrected chi connectivity index (χ2v) is 3.01. The molecule has 6 heteroatoms. The summed E-state index contributed by atoms with van der Waals surface area (Å²) in [6.45, 7) is 0. The number of carboxylic acids is 1. The highest BCUT2D eigenvalue weighted by molar-refractivity contribution is 5.73. The summed E-state index contributed by atoms with van der Waals surface area (Å²) < 4.78 is 26.2. The molecule has 82 valence electrons. The van der Waals surface area contributed by atoms with Crippen molar-refractivity contribution < 1.29 is 23.8 Å². The molecule has 4 N–H and O–H groups in total. The maximum atomic E-state index is 13.1. The van der Waals surface area contributed by atoms with Crippen molar-refractivity contribution in [2.24, 2.45) is 5.73 Å². The molecule has 1 atom stereocenters. The van der Waals surface area contributed by atoms with Crippen LogP contribution in [0.1, 0.15) is 5.56 Å². The average molecular weight is 217 g/mol. The minimum atomic E-state index is -1.41. The fourth-order valence-corrected chi connectivity index (χ4v) is 1.08. The van der Waals surface area contributed by atoms with Crippen molar-refractivity contribution in [1.29, 1.82) is 0 Å². The van der Waals surface area contributed by atoms with Gasteiger partial charge in [-0.05, 0) is 12.1 Å². The van der Waals surface area contributed by atoms with Gasteiger partial charge < -0.3 is 15.9 Å². The smallest absolute Gasteiger partial charge is 0.320 e. The van der Waals surface area contributed by atoms with E-state index in [9.17, 15) is 13.6 Å². The minimum absolute atomic E-state index is 0.513. The van der Waals surface area contributed by atoms with Gasteiger partial charge in [-0.2, -0.15) is 0 Å². The molecule has 1 aromatic rings. The molecule has 0 amide bonds. The van der Waals surface area contributed by atoms with Gasteiger partial charge in [-0.3, -0.25) is 4.79 Å². The lowest BCUT2D eigenvalue weighted by molar-refractivity contribution is -0.138. The molecular formula is C9H9F2NO3. The molecule has 0 aliphatic carbocycles. The Balaban J connectivity index is 3.03. The number of carboxylic acid groups (broad SMARTS) is 1. The van der Waals surface area contributed by atoms with Gasteiger partial charge in [-0.1, -0.05) is 0 Å². The number of hydrogen-bond donors (Lipinski definition) is 3. The predicted octanol–water partition coefficient (Wildman–Crippen LogP) is 0.625. The van der Waals surface area contributed by atoms with Crippen LogP contribution < -0.4 is 5.73 Å². The summed E-state index contributed by atoms with van der Waals surface area (Å²) in [5.74, 6) is -4.20. The maximum Gasteiger partial charge on any atom is 0.320 e. The standard InChI is InChI=1S/C9H9F2NO3/c10-5-1-2-7(13)8(11)4(5)3-6(12)9(14)15/h1-2,6,13H,3,12H2,(H,14,15). The van der Waals surface area contributed by atoms with Crippen molar-refractivity contribution in [3.63, 3.8) is 0 Å². The molecular weight excluding hydrogens is 208 g/mol. The summed E-state index contributed by atoms with van der Waals surface area (Å²) in [7, 11) is 0. The molecule has 0 radical (unpaired) electrons. The fourth-order valence-electron chi connectivity index (χ4n) is 1.08. The Morgan fingerprint density at radius 1 is 1.47 bits per heavy atom. The molecule has 0 fully saturated rings. The lowest BCUT2D eigenvalue weighted by atomic mass is 10.0. The van der Waals surface area contributed by atoms with E-state index in [1.165, 1.54) is 0 Å². The van der Waals surface area contributed by atoms with Crippen LogP contribution in [0.25, 0.3) is 0 Å². The van der Waals surface area contributed by atoms with E-state index in [0.717, 1.165) is 12.1 Å². The lowest BCUT2D eigenvalue weighted by Gasteiger charge is -2.09. The maximum absolute atomic E-state index is 13.1. The van der Waals surface area contributed by atoms with Crippen LogP contribution in [0, 0.1) is 11.6 Å². The lowest BCUT2D eigenvalue weighted by Crippen LogP contribution is -2.32. The Labute approximate surface area is 83.9 Å². The van der Waals surface area contributed by atoms with E-state index in [0.29, 0.717) is 0 Å². The number of carbonyl (C=O) groups is 1. The SMILES string of the molecule is NC(Cc1c(F)ccc(O)c1F)C(=O)O. The molecule has 4 nitrogen and oxygen atoms in total. The molecule has 0 spiro atoms. The fraction of sp³-hybridized carbons (Fsp3) is 0.222. The van der Waals surface area contributed by atoms with Gasteiger partial charge in [-0.25, -0.2) is 8.78 Å². The zero-order chi connectivity index (χ0) is 11.6. The largest absolute Gasteiger partial charge is 0.505 e. The van der Waals surface area contributed by atoms with Gasteiger partial charge in [0, 0.05) is 12.0 Å². The summed E-state index contributed by atoms with van der Waals surface area (Å²) in [6.07, 6.45) is -0.513. The van der Waals surface area contributed by atoms with Crippen molar-refractivity contribution >= 4 is 5.97 Å². The first-order chi connectivity index (χ1) is 6.93. The first-order valence-electron chi connectivity index (χ1n) is 4.07. The Morgan fingerprint density at radius 3 is 2.60 bits per heavy atom. The van der Waals surface area contributed by atoms with E-state index in [2.05, 4.69) is 0 Å². The van der Waals surface area contributed by atoms with Crippen molar-refractivity contribution in [3.8, 4) is 5.75 Å². The van der Waals surface area contributed by atoms with Gasteiger partial charge in [0.1, 0.15) is 11.9 Å². The van der Waals surface area contributed by atoms with Crippen LogP contribution in [-0.2, 0) is 11.2 Å². The molecule has 0 aromatic heterocycles. The third kappa shape index (κ3) is 2.41. The topological polar surface area (TPSA) is 83.5 Å². The number of rotatable bonds is 3. The zero-order valence-electron chi connectivity index (χ0n) is 7.58. The zero-order valence-corrected chi connectivity index (χ0v) is 7.58. The molecule has 1 aromatic carbocycles. The summed E-state index contributed by atoms with van der Waals surface area (Å²) >= 11 is 0. The number of hydrogen-bond acceptors (Lipinski definition) is 3. The highest BCUT2D eigenvalue weighted by Crippen LogP contribution is 2.22. The molecule has 0 aliphatic rings. The molecule has 0 saturated heterocycles. The van der Waals surface area contributed by atoms with Gasteiger partial charge in [0.25, 0.3) is 0 Å². The van der Waals surface area contributed by atoms with E-state index in [1.807, 2.05) is 0 Å². The third-order valence-electron chi connectivity index (χ3n) is 1.91. The molecule has 0 saturated carbocycles. The number of phenols is 1. The van der Waals surface area contributed by atoms with Crippen LogP contribution >= 0.6 is 0 Å². The number of benzene rings is 1. The molecule has 1 unspecified atom stereocenters. The summed E-state index contributed by atoms with van der Waals surface area (Å²) in [5, 5.41) is 17.4. The van der Waals surface area contributed by atoms with Crippen LogP contribution in [0.5, 0.6) is 5.75 Å². The first-order valence-corrected chi connectivity index (χ1v) is 4.07. The van der Waals surface area contributed by atoms with Crippen LogP contribution in [0.15, 0.2) is 12.1 Å². The number of halogens is 2. The molecule has 15 heavy (non-hydrogen) atoms. The normalized spacial score (nSPS) is 12.5. The Hall–Kier alpha value is -1.69. The monoisotopic (exact) mass is 217 g/mol. The summed E-state index contributed by atoms with van der Waals surface area (Å²) in [6, 6.07) is 0.291. The van der Waals surface area contributed by atoms with Crippen molar-refractivity contribution in [2.45, 2.75) is 12.5 Å². The average Bonchev–Trinajstić information content (AvgIpc) is 2.18. The molecule has 0 aliphatic heterocycles. The Morgan fingerprint density at radius 2 is 2.07 bits per heavy atom. The van der Waals surface area contributed by atoms with Gasteiger partial charge in [0.05, 0.1) is 0 Å². The minimum Gasteiger partial charge on any atom is -0.505 e. The van der Waals surface area contributed by atoms with E-state index >= 15 is 0 Å². The Kier molecular flexibility index (Phi) is 3.21. The van der Waals surface area contributed by atoms with E-state index < -0.39 is 41.4 Å². The summed E-state index contributed by atoms with van der Waals surface area (Å²) in [4.78, 5) is 10.4. The highest BCUT2D eigenvalue weighted by Gasteiger charge is 2.19. The number of phenolic OH excluding ortho intramolecular Hbond substituents is 1. The molecule has 0 heterocycles. The highest BCUT2D eigenvalue weighted by atomic mass is 19.1. The van der Waals surface area contributed by atoms with E-state index in [4.69, 9.17) is 15.9 Å². The van der Waals surface area contributed by atoms with Crippen molar-refractivity contribution in [1.82, 2.24) is 0 Å². The van der Waals surface area contributed by atoms with E-state index in [-0.39, 0.29) is 0 Å². The van der Waals surface area contributed by atoms with Gasteiger partial charge in [0.15, 0.2) is 11.6 Å². The van der Waals surface area contributed by atoms with Crippen molar-refractivity contribution in [2.75, 3.05) is 0 Å². The first kappa shape index (κ1) is 11.4. The van der Waals surface area contributed by atoms with Crippen LogP contribution in [0.3, 0.4) is 0 Å². The number of aliphatic carboxylic acids is 1. The second-order valence-electron chi connectivity index (χ2n) is 3.01. The van der Waals surface area contributed by atoms with E-state index in [1.54, 1.807) is 0 Å². The van der Waals surface area contributed by atoms with Crippen LogP contribution in [0.2, 0.25) is 0 Å². The quantitative estimate of drug-likeness (QED) is 0.693. The third-order valence-corrected chi connectivity index (χ3v) is 1.91. The van der Waals surface area contributed by atoms with Gasteiger partial charge in [-0.15, -0.1) is 0 Å². The Bertz CT molecular complexity index is 395. The van der Waals surface area contributed by atoms with Gasteiger partial charge in [0.2, 0.25) is 0 Å². The predicted molar refractivity (Wildman–Crippen MR) is 47.3 cm³/mol. The summed E-state index contributed by atoms with van der Waals surface area (Å²) in [5.41, 5.74) is 4.60. The van der Waals surface area contributed by atoms with Crippen LogP contribution in [0.4, 0.5) is 8.78 Å². The van der Waals surface area contributed by atoms with Gasteiger partial charge >= 0.3 is 5.97 Å². The van der Waals surface area contributed by atoms with Crippen LogP contribution in [-0.4, -0.2) is 22.2 Å². The molecule has 0 bridgehead atoms.